The van der Waals surface area contributed by atoms with Crippen LogP contribution < -0.4 is 0 Å². The van der Waals surface area contributed by atoms with Gasteiger partial charge < -0.3 is 4.90 Å². The minimum absolute atomic E-state index is 0.0425. The number of hydrogen-bond acceptors (Lipinski definition) is 3. The minimum atomic E-state index is -3.89. The molecule has 0 unspecified atom stereocenters. The molecule has 7 heteroatoms. The third-order valence-electron chi connectivity index (χ3n) is 3.19. The second-order valence-electron chi connectivity index (χ2n) is 5.43. The van der Waals surface area contributed by atoms with Crippen molar-refractivity contribution in [2.75, 3.05) is 13.6 Å². The normalized spacial score (nSPS) is 11.8. The monoisotopic (exact) mass is 395 g/mol. The Balaban J connectivity index is 3.14. The zero-order valence-corrected chi connectivity index (χ0v) is 15.6. The molecule has 0 aliphatic carbocycles. The van der Waals surface area contributed by atoms with Gasteiger partial charge in [-0.05, 0) is 37.0 Å². The van der Waals surface area contributed by atoms with Crippen LogP contribution in [0.25, 0.3) is 0 Å². The predicted molar refractivity (Wildman–Crippen MR) is 88.3 cm³/mol. The predicted octanol–water partition coefficient (Wildman–Crippen LogP) is 3.80. The lowest BCUT2D eigenvalue weighted by Crippen LogP contribution is -2.28. The zero-order valence-electron chi connectivity index (χ0n) is 12.5. The van der Waals surface area contributed by atoms with E-state index in [0.29, 0.717) is 28.1 Å². The number of hydrogen-bond donors (Lipinski definition) is 0. The Labute approximate surface area is 139 Å². The van der Waals surface area contributed by atoms with Gasteiger partial charge in [-0.1, -0.05) is 29.8 Å². The van der Waals surface area contributed by atoms with Crippen molar-refractivity contribution in [3.8, 4) is 0 Å². The molecule has 4 nitrogen and oxygen atoms in total. The maximum Gasteiger partial charge on any atom is 0.261 e. The Bertz CT molecular complexity index is 644. The van der Waals surface area contributed by atoms with Crippen LogP contribution in [0.3, 0.4) is 0 Å². The van der Waals surface area contributed by atoms with Gasteiger partial charge in [0.15, 0.2) is 0 Å². The lowest BCUT2D eigenvalue weighted by molar-refractivity contribution is 0.0789. The molecule has 1 rings (SSSR count). The molecular weight excluding hydrogens is 378 g/mol. The second-order valence-corrected chi connectivity index (χ2v) is 8.82. The van der Waals surface area contributed by atoms with Crippen molar-refractivity contribution >= 4 is 41.6 Å². The quantitative estimate of drug-likeness (QED) is 0.711. The summed E-state index contributed by atoms with van der Waals surface area (Å²) in [5, 5.41) is 0. The van der Waals surface area contributed by atoms with E-state index in [1.165, 1.54) is 6.07 Å². The van der Waals surface area contributed by atoms with Gasteiger partial charge in [-0.2, -0.15) is 0 Å². The maximum absolute atomic E-state index is 12.4. The Morgan fingerprint density at radius 1 is 1.38 bits per heavy atom. The average Bonchev–Trinajstić information content (AvgIpc) is 2.36. The van der Waals surface area contributed by atoms with E-state index in [2.05, 4.69) is 29.8 Å². The average molecular weight is 397 g/mol. The van der Waals surface area contributed by atoms with E-state index in [4.69, 9.17) is 10.7 Å². The fourth-order valence-corrected chi connectivity index (χ4v) is 3.62. The van der Waals surface area contributed by atoms with Gasteiger partial charge in [0.05, 0.1) is 4.90 Å². The van der Waals surface area contributed by atoms with Crippen LogP contribution in [0.4, 0.5) is 0 Å². The summed E-state index contributed by atoms with van der Waals surface area (Å²) in [6.45, 7) is 6.42. The molecule has 1 aromatic rings. The van der Waals surface area contributed by atoms with E-state index in [1.807, 2.05) is 0 Å². The van der Waals surface area contributed by atoms with Crippen LogP contribution in [-0.4, -0.2) is 32.8 Å². The van der Waals surface area contributed by atoms with Crippen LogP contribution >= 0.6 is 26.6 Å². The maximum atomic E-state index is 12.4. The summed E-state index contributed by atoms with van der Waals surface area (Å²) >= 11 is 3.28. The Hall–Kier alpha value is -0.590. The van der Waals surface area contributed by atoms with Crippen LogP contribution in [0.5, 0.6) is 0 Å². The number of carbonyl (C=O) groups excluding carboxylic acids is 1. The fourth-order valence-electron chi connectivity index (χ4n) is 1.80. The third-order valence-corrected chi connectivity index (χ3v) is 5.47. The molecule has 0 bridgehead atoms. The van der Waals surface area contributed by atoms with Crippen LogP contribution in [0.2, 0.25) is 0 Å². The molecular formula is C14H19BrClNO3S. The van der Waals surface area contributed by atoms with Crippen LogP contribution in [0, 0.1) is 12.8 Å². The van der Waals surface area contributed by atoms with Gasteiger partial charge in [-0.15, -0.1) is 0 Å². The van der Waals surface area contributed by atoms with Gasteiger partial charge >= 0.3 is 0 Å². The highest BCUT2D eigenvalue weighted by molar-refractivity contribution is 9.10. The molecule has 0 aliphatic heterocycles. The van der Waals surface area contributed by atoms with Crippen molar-refractivity contribution in [2.45, 2.75) is 32.1 Å². The van der Waals surface area contributed by atoms with Crippen molar-refractivity contribution in [1.29, 1.82) is 0 Å². The molecule has 0 aliphatic rings. The van der Waals surface area contributed by atoms with E-state index >= 15 is 0 Å². The molecule has 118 valence electrons. The molecule has 0 spiro atoms. The second kappa shape index (κ2) is 7.11. The number of halogens is 2. The van der Waals surface area contributed by atoms with Gasteiger partial charge in [0.2, 0.25) is 0 Å². The number of rotatable bonds is 5. The Morgan fingerprint density at radius 3 is 2.43 bits per heavy atom. The topological polar surface area (TPSA) is 54.5 Å². The highest BCUT2D eigenvalue weighted by Crippen LogP contribution is 2.28. The molecule has 0 radical (unpaired) electrons. The van der Waals surface area contributed by atoms with Crippen molar-refractivity contribution in [3.63, 3.8) is 0 Å². The Kier molecular flexibility index (Phi) is 6.25. The fraction of sp³-hybridized carbons (Fsp3) is 0.500. The van der Waals surface area contributed by atoms with E-state index in [9.17, 15) is 13.2 Å². The first-order valence-corrected chi connectivity index (χ1v) is 9.64. The van der Waals surface area contributed by atoms with Crippen molar-refractivity contribution < 1.29 is 13.2 Å². The van der Waals surface area contributed by atoms with E-state index in [1.54, 1.807) is 24.9 Å². The molecule has 1 amide bonds. The molecule has 0 saturated heterocycles. The molecule has 0 N–H and O–H groups in total. The Morgan fingerprint density at radius 2 is 1.95 bits per heavy atom. The first-order valence-electron chi connectivity index (χ1n) is 6.54. The summed E-state index contributed by atoms with van der Waals surface area (Å²) in [6, 6.07) is 2.95. The zero-order chi connectivity index (χ0) is 16.4. The van der Waals surface area contributed by atoms with Crippen molar-refractivity contribution in [1.82, 2.24) is 4.90 Å². The summed E-state index contributed by atoms with van der Waals surface area (Å²) in [5.74, 6) is 0.265. The SMILES string of the molecule is Cc1c(Br)cc(C(=O)N(C)CCC(C)C)cc1S(=O)(=O)Cl. The summed E-state index contributed by atoms with van der Waals surface area (Å²) in [6.07, 6.45) is 0.885. The minimum Gasteiger partial charge on any atom is -0.342 e. The van der Waals surface area contributed by atoms with Gasteiger partial charge in [0.1, 0.15) is 0 Å². The third kappa shape index (κ3) is 4.97. The lowest BCUT2D eigenvalue weighted by Gasteiger charge is -2.19. The van der Waals surface area contributed by atoms with Gasteiger partial charge in [0, 0.05) is 34.3 Å². The number of amides is 1. The van der Waals surface area contributed by atoms with E-state index < -0.39 is 9.05 Å². The molecule has 0 aromatic heterocycles. The summed E-state index contributed by atoms with van der Waals surface area (Å²) in [4.78, 5) is 13.9. The number of benzene rings is 1. The number of nitrogens with zero attached hydrogens (tertiary/aromatic N) is 1. The standard InChI is InChI=1S/C14H19BrClNO3S/c1-9(2)5-6-17(4)14(18)11-7-12(15)10(3)13(8-11)21(16,19)20/h7-9H,5-6H2,1-4H3. The largest absolute Gasteiger partial charge is 0.342 e. The molecule has 0 fully saturated rings. The molecule has 0 heterocycles. The van der Waals surface area contributed by atoms with Gasteiger partial charge in [-0.25, -0.2) is 8.42 Å². The lowest BCUT2D eigenvalue weighted by atomic mass is 10.1. The summed E-state index contributed by atoms with van der Waals surface area (Å²) < 4.78 is 23.7. The van der Waals surface area contributed by atoms with Crippen molar-refractivity contribution in [3.05, 3.63) is 27.7 Å². The van der Waals surface area contributed by atoms with Crippen molar-refractivity contribution in [2.24, 2.45) is 5.92 Å². The molecule has 21 heavy (non-hydrogen) atoms. The van der Waals surface area contributed by atoms with E-state index in [0.717, 1.165) is 6.42 Å². The molecule has 0 atom stereocenters. The summed E-state index contributed by atoms with van der Waals surface area (Å²) in [5.41, 5.74) is 0.796. The van der Waals surface area contributed by atoms with Crippen LogP contribution in [0.1, 0.15) is 36.2 Å². The first kappa shape index (κ1) is 18.5. The highest BCUT2D eigenvalue weighted by atomic mass is 79.9. The van der Waals surface area contributed by atoms with Crippen LogP contribution in [0.15, 0.2) is 21.5 Å². The van der Waals surface area contributed by atoms with E-state index in [-0.39, 0.29) is 10.8 Å². The highest BCUT2D eigenvalue weighted by Gasteiger charge is 2.20. The smallest absolute Gasteiger partial charge is 0.261 e. The molecule has 0 saturated carbocycles. The van der Waals surface area contributed by atoms with Crippen LogP contribution in [-0.2, 0) is 9.05 Å². The number of carbonyl (C=O) groups is 1. The van der Waals surface area contributed by atoms with Gasteiger partial charge in [0.25, 0.3) is 15.0 Å². The van der Waals surface area contributed by atoms with Gasteiger partial charge in [-0.3, -0.25) is 4.79 Å². The molecule has 1 aromatic carbocycles. The summed E-state index contributed by atoms with van der Waals surface area (Å²) in [7, 11) is 3.23. The first-order chi connectivity index (χ1) is 9.54.